The molecule has 0 unspecified atom stereocenters. The average Bonchev–Trinajstić information content (AvgIpc) is 2.88. The Kier molecular flexibility index (Phi) is 5.75. The maximum atomic E-state index is 5.78. The van der Waals surface area contributed by atoms with Crippen molar-refractivity contribution >= 4 is 24.6 Å². The summed E-state index contributed by atoms with van der Waals surface area (Å²) in [5.74, 6) is 8.21. The predicted octanol–water partition coefficient (Wildman–Crippen LogP) is 2.96. The Hall–Kier alpha value is -3.06. The van der Waals surface area contributed by atoms with Crippen LogP contribution in [0.4, 0.5) is 5.95 Å². The molecule has 0 atom stereocenters. The lowest BCUT2D eigenvalue weighted by Gasteiger charge is -2.05. The molecule has 3 rings (SSSR count). The van der Waals surface area contributed by atoms with Gasteiger partial charge in [-0.3, -0.25) is 0 Å². The fourth-order valence-electron chi connectivity index (χ4n) is 1.89. The number of aromatic nitrogens is 3. The van der Waals surface area contributed by atoms with Crippen molar-refractivity contribution in [2.45, 2.75) is 6.92 Å². The van der Waals surface area contributed by atoms with E-state index in [1.807, 2.05) is 54.6 Å². The number of nitrogen functional groups attached to an aromatic ring is 1. The predicted molar refractivity (Wildman–Crippen MR) is 96.3 cm³/mol. The van der Waals surface area contributed by atoms with Gasteiger partial charge in [0, 0.05) is 0 Å². The summed E-state index contributed by atoms with van der Waals surface area (Å²) < 4.78 is 7.10. The molecule has 0 saturated carbocycles. The van der Waals surface area contributed by atoms with E-state index < -0.39 is 0 Å². The second-order valence-corrected chi connectivity index (χ2v) is 4.80. The van der Waals surface area contributed by atoms with Crippen LogP contribution in [-0.2, 0) is 0 Å². The van der Waals surface area contributed by atoms with Gasteiger partial charge < -0.3 is 10.6 Å². The van der Waals surface area contributed by atoms with E-state index in [0.29, 0.717) is 11.8 Å². The summed E-state index contributed by atoms with van der Waals surface area (Å²) in [6, 6.07) is 17.2. The van der Waals surface area contributed by atoms with Crippen molar-refractivity contribution in [3.8, 4) is 11.5 Å². The summed E-state index contributed by atoms with van der Waals surface area (Å²) in [7, 11) is 0. The second-order valence-electron chi connectivity index (χ2n) is 4.80. The largest absolute Gasteiger partial charge is 0.457 e. The fraction of sp³-hybridized carbons (Fsp3) is 0.0625. The van der Waals surface area contributed by atoms with Crippen LogP contribution in [0.5, 0.6) is 11.5 Å². The average molecular weight is 345 g/mol. The number of hydrogen-bond acceptors (Lipinski definition) is 6. The lowest BCUT2D eigenvalue weighted by Crippen LogP contribution is -2.13. The number of para-hydroxylation sites is 1. The molecule has 8 heteroatoms. The number of halogens is 1. The number of hydrazone groups is 1. The molecular formula is C16H17ClN6O. The summed E-state index contributed by atoms with van der Waals surface area (Å²) in [5.41, 5.74) is 3.62. The van der Waals surface area contributed by atoms with Gasteiger partial charge in [-0.25, -0.2) is 10.1 Å². The number of nitrogens with one attached hydrogen (secondary N) is 1. The smallest absolute Gasteiger partial charge is 0.263 e. The van der Waals surface area contributed by atoms with Crippen LogP contribution in [-0.4, -0.2) is 21.1 Å². The first-order valence-electron chi connectivity index (χ1n) is 7.01. The van der Waals surface area contributed by atoms with E-state index in [4.69, 9.17) is 10.6 Å². The van der Waals surface area contributed by atoms with Crippen LogP contribution in [0.15, 0.2) is 59.7 Å². The number of aryl methyl sites for hydroxylation is 1. The van der Waals surface area contributed by atoms with E-state index in [1.165, 1.54) is 4.68 Å². The second kappa shape index (κ2) is 7.98. The molecule has 1 heterocycles. The van der Waals surface area contributed by atoms with E-state index in [1.54, 1.807) is 13.1 Å². The van der Waals surface area contributed by atoms with E-state index in [0.717, 1.165) is 17.1 Å². The summed E-state index contributed by atoms with van der Waals surface area (Å²) in [6.07, 6.45) is 1.65. The van der Waals surface area contributed by atoms with Crippen molar-refractivity contribution < 1.29 is 4.74 Å². The Morgan fingerprint density at radius 2 is 1.83 bits per heavy atom. The van der Waals surface area contributed by atoms with Crippen molar-refractivity contribution in [3.63, 3.8) is 0 Å². The monoisotopic (exact) mass is 344 g/mol. The van der Waals surface area contributed by atoms with E-state index >= 15 is 0 Å². The third-order valence-electron chi connectivity index (χ3n) is 3.08. The van der Waals surface area contributed by atoms with Gasteiger partial charge in [0.15, 0.2) is 5.82 Å². The van der Waals surface area contributed by atoms with Gasteiger partial charge in [-0.1, -0.05) is 30.3 Å². The number of hydrogen-bond donors (Lipinski definition) is 2. The molecule has 3 N–H and O–H groups in total. The standard InChI is InChI=1S/C16H16N6O.ClH/c1-12-19-21-16(22(12)17)20-18-11-13-6-5-9-15(10-13)23-14-7-3-2-4-8-14;/h2-11H,17H2,1H3,(H,20,21);1H/b18-11+;. The molecule has 1 aromatic heterocycles. The molecule has 0 saturated heterocycles. The van der Waals surface area contributed by atoms with Gasteiger partial charge in [-0.2, -0.15) is 5.10 Å². The Morgan fingerprint density at radius 3 is 2.54 bits per heavy atom. The highest BCUT2D eigenvalue weighted by atomic mass is 35.5. The number of nitrogens with two attached hydrogens (primary N) is 1. The molecule has 0 bridgehead atoms. The molecule has 0 amide bonds. The Labute approximate surface area is 145 Å². The van der Waals surface area contributed by atoms with Gasteiger partial charge in [0.2, 0.25) is 0 Å². The molecule has 0 radical (unpaired) electrons. The van der Waals surface area contributed by atoms with Gasteiger partial charge in [0.25, 0.3) is 5.95 Å². The minimum Gasteiger partial charge on any atom is -0.457 e. The Bertz CT molecular complexity index is 818. The molecule has 0 fully saturated rings. The first kappa shape index (κ1) is 17.3. The normalized spacial score (nSPS) is 10.4. The molecule has 24 heavy (non-hydrogen) atoms. The van der Waals surface area contributed by atoms with E-state index in [2.05, 4.69) is 20.7 Å². The lowest BCUT2D eigenvalue weighted by atomic mass is 10.2. The van der Waals surface area contributed by atoms with Gasteiger partial charge in [-0.15, -0.1) is 22.6 Å². The molecule has 3 aromatic rings. The molecule has 0 aliphatic heterocycles. The zero-order chi connectivity index (χ0) is 16.1. The van der Waals surface area contributed by atoms with Crippen molar-refractivity contribution in [2.24, 2.45) is 5.10 Å². The number of benzene rings is 2. The number of rotatable bonds is 5. The van der Waals surface area contributed by atoms with Crippen LogP contribution in [0, 0.1) is 6.92 Å². The molecule has 0 spiro atoms. The third-order valence-corrected chi connectivity index (χ3v) is 3.08. The zero-order valence-electron chi connectivity index (χ0n) is 13.0. The third kappa shape index (κ3) is 4.23. The molecule has 124 valence electrons. The molecule has 7 nitrogen and oxygen atoms in total. The summed E-state index contributed by atoms with van der Waals surface area (Å²) in [5, 5.41) is 11.8. The highest BCUT2D eigenvalue weighted by Gasteiger charge is 2.03. The maximum absolute atomic E-state index is 5.78. The van der Waals surface area contributed by atoms with Crippen molar-refractivity contribution in [1.29, 1.82) is 0 Å². The zero-order valence-corrected chi connectivity index (χ0v) is 13.8. The maximum Gasteiger partial charge on any atom is 0.263 e. The highest BCUT2D eigenvalue weighted by molar-refractivity contribution is 5.85. The van der Waals surface area contributed by atoms with Crippen LogP contribution in [0.1, 0.15) is 11.4 Å². The summed E-state index contributed by atoms with van der Waals surface area (Å²) in [6.45, 7) is 1.76. The van der Waals surface area contributed by atoms with E-state index in [-0.39, 0.29) is 12.4 Å². The van der Waals surface area contributed by atoms with Crippen molar-refractivity contribution in [3.05, 3.63) is 66.0 Å². The van der Waals surface area contributed by atoms with Crippen LogP contribution in [0.25, 0.3) is 0 Å². The fourth-order valence-corrected chi connectivity index (χ4v) is 1.89. The first-order chi connectivity index (χ1) is 11.2. The Balaban J connectivity index is 0.00000208. The summed E-state index contributed by atoms with van der Waals surface area (Å²) in [4.78, 5) is 0. The summed E-state index contributed by atoms with van der Waals surface area (Å²) >= 11 is 0. The lowest BCUT2D eigenvalue weighted by molar-refractivity contribution is 0.482. The number of anilines is 1. The minimum absolute atomic E-state index is 0. The van der Waals surface area contributed by atoms with Crippen LogP contribution in [0.3, 0.4) is 0 Å². The van der Waals surface area contributed by atoms with Crippen LogP contribution in [0.2, 0.25) is 0 Å². The Morgan fingerprint density at radius 1 is 1.08 bits per heavy atom. The van der Waals surface area contributed by atoms with Gasteiger partial charge >= 0.3 is 0 Å². The molecule has 0 aliphatic carbocycles. The van der Waals surface area contributed by atoms with E-state index in [9.17, 15) is 0 Å². The SMILES string of the molecule is Cc1nnc(N/N=C/c2cccc(Oc3ccccc3)c2)n1N.Cl. The molecule has 0 aliphatic rings. The van der Waals surface area contributed by atoms with Gasteiger partial charge in [0.1, 0.15) is 11.5 Å². The molecule has 2 aromatic carbocycles. The topological polar surface area (TPSA) is 90.4 Å². The highest BCUT2D eigenvalue weighted by Crippen LogP contribution is 2.21. The van der Waals surface area contributed by atoms with Crippen LogP contribution < -0.4 is 16.0 Å². The van der Waals surface area contributed by atoms with Crippen molar-refractivity contribution in [1.82, 2.24) is 14.9 Å². The van der Waals surface area contributed by atoms with Gasteiger partial charge in [0.05, 0.1) is 6.21 Å². The quantitative estimate of drug-likeness (QED) is 0.422. The number of nitrogens with zero attached hydrogens (tertiary/aromatic N) is 4. The van der Waals surface area contributed by atoms with Crippen molar-refractivity contribution in [2.75, 3.05) is 11.3 Å². The van der Waals surface area contributed by atoms with Gasteiger partial charge in [-0.05, 0) is 36.8 Å². The van der Waals surface area contributed by atoms with Crippen LogP contribution >= 0.6 is 12.4 Å². The first-order valence-corrected chi connectivity index (χ1v) is 7.01. The minimum atomic E-state index is 0. The number of ether oxygens (including phenoxy) is 1. The molecular weight excluding hydrogens is 328 g/mol.